The van der Waals surface area contributed by atoms with Gasteiger partial charge >= 0.3 is 0 Å². The molecule has 1 aromatic heterocycles. The minimum atomic E-state index is -0.765. The quantitative estimate of drug-likeness (QED) is 0.358. The molecule has 2 aliphatic heterocycles. The Morgan fingerprint density at radius 3 is 2.53 bits per heavy atom. The second-order valence-corrected chi connectivity index (χ2v) is 8.03. The highest BCUT2D eigenvalue weighted by Crippen LogP contribution is 2.41. The van der Waals surface area contributed by atoms with Gasteiger partial charge in [-0.05, 0) is 36.8 Å². The van der Waals surface area contributed by atoms with Crippen molar-refractivity contribution in [2.24, 2.45) is 0 Å². The molecule has 1 aromatic carbocycles. The van der Waals surface area contributed by atoms with Gasteiger partial charge in [0, 0.05) is 44.1 Å². The van der Waals surface area contributed by atoms with Gasteiger partial charge in [-0.3, -0.25) is 19.5 Å². The monoisotopic (exact) mass is 467 g/mol. The maximum atomic E-state index is 13.2. The number of likely N-dealkylation sites (tertiary alicyclic amines) is 1. The Hall–Kier alpha value is -3.43. The Morgan fingerprint density at radius 1 is 1.12 bits per heavy atom. The van der Waals surface area contributed by atoms with E-state index in [9.17, 15) is 14.7 Å². The van der Waals surface area contributed by atoms with Gasteiger partial charge in [0.1, 0.15) is 5.76 Å². The number of carbonyl (C=O) groups is 2. The van der Waals surface area contributed by atoms with E-state index < -0.39 is 17.7 Å². The van der Waals surface area contributed by atoms with Gasteiger partial charge in [-0.1, -0.05) is 6.07 Å². The number of amides is 1. The van der Waals surface area contributed by atoms with Gasteiger partial charge in [0.15, 0.2) is 11.5 Å². The number of Topliss-reactive ketones (excluding diaryl/α,β-unsaturated/α-hetero) is 1. The Bertz CT molecular complexity index is 1070. The van der Waals surface area contributed by atoms with Crippen molar-refractivity contribution in [3.05, 3.63) is 59.4 Å². The molecule has 2 saturated heterocycles. The lowest BCUT2D eigenvalue weighted by Gasteiger charge is -2.31. The van der Waals surface area contributed by atoms with Crippen molar-refractivity contribution in [3.8, 4) is 11.5 Å². The molecule has 1 N–H and O–H groups in total. The molecule has 1 amide bonds. The molecule has 2 fully saturated rings. The molecule has 3 heterocycles. The van der Waals surface area contributed by atoms with Crippen molar-refractivity contribution < 1.29 is 28.9 Å². The summed E-state index contributed by atoms with van der Waals surface area (Å²) in [6.07, 6.45) is 3.05. The molecule has 0 aliphatic carbocycles. The summed E-state index contributed by atoms with van der Waals surface area (Å²) in [5.41, 5.74) is 1.12. The molecule has 0 saturated carbocycles. The Balaban J connectivity index is 1.76. The number of hydrogen-bond acceptors (Lipinski definition) is 8. The van der Waals surface area contributed by atoms with Crippen molar-refractivity contribution in [1.29, 1.82) is 0 Å². The number of rotatable bonds is 8. The number of benzene rings is 1. The predicted molar refractivity (Wildman–Crippen MR) is 125 cm³/mol. The van der Waals surface area contributed by atoms with Crippen molar-refractivity contribution in [1.82, 2.24) is 14.8 Å². The van der Waals surface area contributed by atoms with Gasteiger partial charge in [-0.15, -0.1) is 0 Å². The van der Waals surface area contributed by atoms with Gasteiger partial charge in [-0.25, -0.2) is 0 Å². The van der Waals surface area contributed by atoms with Crippen LogP contribution in [0.2, 0.25) is 0 Å². The van der Waals surface area contributed by atoms with E-state index in [4.69, 9.17) is 14.2 Å². The number of ketones is 1. The zero-order valence-electron chi connectivity index (χ0n) is 19.4. The van der Waals surface area contributed by atoms with E-state index >= 15 is 0 Å². The van der Waals surface area contributed by atoms with E-state index in [1.165, 1.54) is 24.4 Å². The minimum Gasteiger partial charge on any atom is -0.507 e. The second kappa shape index (κ2) is 10.7. The Morgan fingerprint density at radius 2 is 1.85 bits per heavy atom. The topological polar surface area (TPSA) is 101 Å². The van der Waals surface area contributed by atoms with E-state index in [0.717, 1.165) is 13.1 Å². The lowest BCUT2D eigenvalue weighted by atomic mass is 9.95. The summed E-state index contributed by atoms with van der Waals surface area (Å²) < 4.78 is 16.5. The van der Waals surface area contributed by atoms with E-state index in [1.54, 1.807) is 30.3 Å². The molecule has 180 valence electrons. The van der Waals surface area contributed by atoms with Crippen LogP contribution in [0.25, 0.3) is 5.76 Å². The second-order valence-electron chi connectivity index (χ2n) is 8.03. The van der Waals surface area contributed by atoms with Gasteiger partial charge in [0.05, 0.1) is 38.5 Å². The average Bonchev–Trinajstić information content (AvgIpc) is 3.13. The smallest absolute Gasteiger partial charge is 0.295 e. The summed E-state index contributed by atoms with van der Waals surface area (Å²) >= 11 is 0. The number of aromatic nitrogens is 1. The number of hydrogen-bond donors (Lipinski definition) is 1. The number of methoxy groups -OCH3 is 1. The molecule has 1 unspecified atom stereocenters. The first-order valence-electron chi connectivity index (χ1n) is 11.3. The summed E-state index contributed by atoms with van der Waals surface area (Å²) in [7, 11) is 1.54. The van der Waals surface area contributed by atoms with E-state index in [-0.39, 0.29) is 11.3 Å². The molecule has 9 nitrogen and oxygen atoms in total. The first-order valence-corrected chi connectivity index (χ1v) is 11.3. The molecule has 1 atom stereocenters. The molecular formula is C25H29N3O6. The molecule has 0 spiro atoms. The van der Waals surface area contributed by atoms with Crippen LogP contribution in [-0.4, -0.2) is 84.7 Å². The van der Waals surface area contributed by atoms with Gasteiger partial charge in [0.2, 0.25) is 0 Å². The van der Waals surface area contributed by atoms with Crippen molar-refractivity contribution in [2.75, 3.05) is 53.1 Å². The lowest BCUT2D eigenvalue weighted by molar-refractivity contribution is -0.140. The van der Waals surface area contributed by atoms with Crippen LogP contribution in [0.15, 0.2) is 48.3 Å². The fourth-order valence-electron chi connectivity index (χ4n) is 4.33. The third kappa shape index (κ3) is 4.76. The van der Waals surface area contributed by atoms with Crippen molar-refractivity contribution in [2.45, 2.75) is 13.0 Å². The normalized spacial score (nSPS) is 20.5. The van der Waals surface area contributed by atoms with Gasteiger partial charge in [-0.2, -0.15) is 0 Å². The summed E-state index contributed by atoms with van der Waals surface area (Å²) in [5.74, 6) is -0.529. The van der Waals surface area contributed by atoms with E-state index in [2.05, 4.69) is 9.88 Å². The summed E-state index contributed by atoms with van der Waals surface area (Å²) in [6, 6.07) is 7.75. The fourth-order valence-corrected chi connectivity index (χ4v) is 4.33. The number of aliphatic hydroxyl groups excluding tert-OH is 1. The number of pyridine rings is 1. The standard InChI is InChI=1S/C25H29N3O6/c1-3-34-19-5-4-18(16-20(19)32-2)22-21(23(29)17-6-8-26-9-7-17)24(30)25(31)28(22)11-10-27-12-14-33-15-13-27/h4-9,16,22,29H,3,10-15H2,1-2H3. The highest BCUT2D eigenvalue weighted by Gasteiger charge is 2.46. The zero-order chi connectivity index (χ0) is 24.1. The molecule has 34 heavy (non-hydrogen) atoms. The molecule has 4 rings (SSSR count). The van der Waals surface area contributed by atoms with Crippen LogP contribution < -0.4 is 9.47 Å². The van der Waals surface area contributed by atoms with Crippen LogP contribution in [0.3, 0.4) is 0 Å². The van der Waals surface area contributed by atoms with E-state index in [1.807, 2.05) is 6.92 Å². The first kappa shape index (κ1) is 23.7. The van der Waals surface area contributed by atoms with Crippen molar-refractivity contribution >= 4 is 17.4 Å². The van der Waals surface area contributed by atoms with Crippen LogP contribution in [-0.2, 0) is 14.3 Å². The van der Waals surface area contributed by atoms with Crippen LogP contribution in [0.5, 0.6) is 11.5 Å². The van der Waals surface area contributed by atoms with Crippen LogP contribution in [0.1, 0.15) is 24.1 Å². The molecule has 9 heteroatoms. The minimum absolute atomic E-state index is 0.0457. The average molecular weight is 468 g/mol. The Kier molecular flexibility index (Phi) is 7.44. The number of ether oxygens (including phenoxy) is 3. The highest BCUT2D eigenvalue weighted by molar-refractivity contribution is 6.46. The number of aliphatic hydroxyl groups is 1. The SMILES string of the molecule is CCOc1ccc(C2C(=C(O)c3ccncc3)C(=O)C(=O)N2CCN2CCOCC2)cc1OC. The molecule has 2 aromatic rings. The fraction of sp³-hybridized carbons (Fsp3) is 0.400. The first-order chi connectivity index (χ1) is 16.5. The van der Waals surface area contributed by atoms with Crippen molar-refractivity contribution in [3.63, 3.8) is 0 Å². The molecule has 0 radical (unpaired) electrons. The zero-order valence-corrected chi connectivity index (χ0v) is 19.4. The molecule has 2 aliphatic rings. The van der Waals surface area contributed by atoms with Crippen LogP contribution in [0.4, 0.5) is 0 Å². The van der Waals surface area contributed by atoms with Crippen LogP contribution >= 0.6 is 0 Å². The number of morpholine rings is 1. The lowest BCUT2D eigenvalue weighted by Crippen LogP contribution is -2.42. The number of nitrogens with zero attached hydrogens (tertiary/aromatic N) is 3. The van der Waals surface area contributed by atoms with E-state index in [0.29, 0.717) is 55.5 Å². The van der Waals surface area contributed by atoms with Crippen LogP contribution in [0, 0.1) is 0 Å². The van der Waals surface area contributed by atoms with Gasteiger partial charge < -0.3 is 24.2 Å². The third-order valence-electron chi connectivity index (χ3n) is 6.06. The summed E-state index contributed by atoms with van der Waals surface area (Å²) in [6.45, 7) is 6.08. The third-order valence-corrected chi connectivity index (χ3v) is 6.06. The summed E-state index contributed by atoms with van der Waals surface area (Å²) in [5, 5.41) is 11.1. The summed E-state index contributed by atoms with van der Waals surface area (Å²) in [4.78, 5) is 34.0. The predicted octanol–water partition coefficient (Wildman–Crippen LogP) is 2.24. The molecular weight excluding hydrogens is 438 g/mol. The Labute approximate surface area is 198 Å². The number of carbonyl (C=O) groups excluding carboxylic acids is 2. The maximum Gasteiger partial charge on any atom is 0.295 e. The van der Waals surface area contributed by atoms with Gasteiger partial charge in [0.25, 0.3) is 11.7 Å². The maximum absolute atomic E-state index is 13.2. The highest BCUT2D eigenvalue weighted by atomic mass is 16.5. The molecule has 0 bridgehead atoms. The largest absolute Gasteiger partial charge is 0.507 e.